The van der Waals surface area contributed by atoms with Crippen molar-refractivity contribution in [2.24, 2.45) is 0 Å². The second-order valence-electron chi connectivity index (χ2n) is 5.61. The van der Waals surface area contributed by atoms with Crippen LogP contribution >= 0.6 is 11.8 Å². The normalized spacial score (nSPS) is 17.3. The van der Waals surface area contributed by atoms with Crippen molar-refractivity contribution in [3.05, 3.63) is 60.3 Å². The molecule has 1 atom stereocenters. The van der Waals surface area contributed by atoms with E-state index in [0.29, 0.717) is 0 Å². The van der Waals surface area contributed by atoms with Gasteiger partial charge in [-0.05, 0) is 48.9 Å². The van der Waals surface area contributed by atoms with Gasteiger partial charge in [0.2, 0.25) is 4.90 Å². The molecule has 0 spiro atoms. The van der Waals surface area contributed by atoms with Crippen LogP contribution in [0.5, 0.6) is 0 Å². The summed E-state index contributed by atoms with van der Waals surface area (Å²) in [6.07, 6.45) is 1.76. The molecule has 3 heterocycles. The van der Waals surface area contributed by atoms with Crippen molar-refractivity contribution in [3.8, 4) is 0 Å². The number of para-hydroxylation sites is 1. The first-order chi connectivity index (χ1) is 11.2. The smallest absolute Gasteiger partial charge is 0.201 e. The third-order valence-electron chi connectivity index (χ3n) is 4.12. The molecule has 3 aromatic rings. The summed E-state index contributed by atoms with van der Waals surface area (Å²) in [7, 11) is 0. The van der Waals surface area contributed by atoms with E-state index < -0.39 is 11.2 Å². The minimum Gasteiger partial charge on any atom is -0.606 e. The van der Waals surface area contributed by atoms with Crippen LogP contribution in [0.2, 0.25) is 0 Å². The third kappa shape index (κ3) is 1.81. The van der Waals surface area contributed by atoms with Gasteiger partial charge in [0.15, 0.2) is 10.7 Å². The third-order valence-corrected chi connectivity index (χ3v) is 6.68. The Labute approximate surface area is 141 Å². The average Bonchev–Trinajstić information content (AvgIpc) is 2.58. The minimum atomic E-state index is -1.19. The van der Waals surface area contributed by atoms with Gasteiger partial charge in [0.25, 0.3) is 0 Å². The van der Waals surface area contributed by atoms with Crippen LogP contribution in [-0.2, 0) is 11.2 Å². The molecule has 0 aliphatic carbocycles. The van der Waals surface area contributed by atoms with Crippen molar-refractivity contribution in [1.29, 1.82) is 0 Å². The molecule has 2 aromatic carbocycles. The number of nitrogens with zero attached hydrogens (tertiary/aromatic N) is 2. The molecule has 3 nitrogen and oxygen atoms in total. The summed E-state index contributed by atoms with van der Waals surface area (Å²) < 4.78 is 13.0. The van der Waals surface area contributed by atoms with E-state index >= 15 is 0 Å². The lowest BCUT2D eigenvalue weighted by atomic mass is 10.1. The molecule has 1 aromatic heterocycles. The second kappa shape index (κ2) is 4.77. The Morgan fingerprint density at radius 3 is 2.83 bits per heavy atom. The van der Waals surface area contributed by atoms with Crippen LogP contribution in [0, 0.1) is 6.92 Å². The van der Waals surface area contributed by atoms with E-state index in [1.165, 1.54) is 10.5 Å². The molecule has 5 heteroatoms. The van der Waals surface area contributed by atoms with Crippen molar-refractivity contribution < 1.29 is 4.55 Å². The molecule has 23 heavy (non-hydrogen) atoms. The standard InChI is InChI=1S/C18H12N2OS2/c1-11-7-8-13-12(10-11)20-17-14(22-13)4-2-5-15(17)23(21)16-6-3-9-19-18(16)20/h2-10H,1H3. The van der Waals surface area contributed by atoms with E-state index in [-0.39, 0.29) is 0 Å². The fourth-order valence-corrected chi connectivity index (χ4v) is 5.58. The van der Waals surface area contributed by atoms with Crippen LogP contribution in [0.25, 0.3) is 0 Å². The predicted octanol–water partition coefficient (Wildman–Crippen LogP) is 4.80. The van der Waals surface area contributed by atoms with E-state index in [0.717, 1.165) is 31.9 Å². The number of benzene rings is 2. The molecule has 0 radical (unpaired) electrons. The molecule has 2 aliphatic rings. The maximum Gasteiger partial charge on any atom is 0.201 e. The summed E-state index contributed by atoms with van der Waals surface area (Å²) in [5, 5.41) is 0. The molecule has 0 N–H and O–H groups in total. The number of aryl methyl sites for hydroxylation is 1. The van der Waals surface area contributed by atoms with Crippen molar-refractivity contribution >= 4 is 40.1 Å². The molecule has 0 fully saturated rings. The summed E-state index contributed by atoms with van der Waals surface area (Å²) >= 11 is 0.543. The van der Waals surface area contributed by atoms with Gasteiger partial charge in [0.1, 0.15) is 5.69 Å². The van der Waals surface area contributed by atoms with Crippen LogP contribution in [-0.4, -0.2) is 9.54 Å². The fourth-order valence-electron chi connectivity index (χ4n) is 3.12. The number of fused-ring (bicyclic) bond motifs is 4. The summed E-state index contributed by atoms with van der Waals surface area (Å²) in [6.45, 7) is 2.09. The number of pyridine rings is 1. The maximum absolute atomic E-state index is 13.0. The van der Waals surface area contributed by atoms with Crippen molar-refractivity contribution in [1.82, 2.24) is 4.98 Å². The van der Waals surface area contributed by atoms with Crippen LogP contribution in [0.1, 0.15) is 5.56 Å². The Morgan fingerprint density at radius 1 is 1.04 bits per heavy atom. The van der Waals surface area contributed by atoms with E-state index in [4.69, 9.17) is 0 Å². The lowest BCUT2D eigenvalue weighted by Gasteiger charge is -2.36. The highest BCUT2D eigenvalue weighted by atomic mass is 32.2. The monoisotopic (exact) mass is 336 g/mol. The molecular weight excluding hydrogens is 324 g/mol. The number of hydrogen-bond acceptors (Lipinski definition) is 4. The molecule has 5 rings (SSSR count). The first-order valence-electron chi connectivity index (χ1n) is 7.32. The van der Waals surface area contributed by atoms with Gasteiger partial charge in [-0.3, -0.25) is 4.90 Å². The van der Waals surface area contributed by atoms with Gasteiger partial charge < -0.3 is 4.55 Å². The van der Waals surface area contributed by atoms with Crippen LogP contribution in [0.4, 0.5) is 17.2 Å². The van der Waals surface area contributed by atoms with Crippen LogP contribution in [0.15, 0.2) is 74.3 Å². The summed E-state index contributed by atoms with van der Waals surface area (Å²) in [4.78, 5) is 10.7. The summed E-state index contributed by atoms with van der Waals surface area (Å²) in [6, 6.07) is 16.2. The topological polar surface area (TPSA) is 39.2 Å². The number of hydrogen-bond donors (Lipinski definition) is 0. The number of aromatic nitrogens is 1. The summed E-state index contributed by atoms with van der Waals surface area (Å²) in [5.74, 6) is 0.776. The lowest BCUT2D eigenvalue weighted by Crippen LogP contribution is -2.25. The van der Waals surface area contributed by atoms with Crippen LogP contribution in [0.3, 0.4) is 0 Å². The molecule has 0 amide bonds. The first-order valence-corrected chi connectivity index (χ1v) is 9.29. The number of anilines is 3. The fraction of sp³-hybridized carbons (Fsp3) is 0.0556. The van der Waals surface area contributed by atoms with Crippen molar-refractivity contribution in [3.63, 3.8) is 0 Å². The van der Waals surface area contributed by atoms with Gasteiger partial charge in [-0.25, -0.2) is 4.98 Å². The second-order valence-corrected chi connectivity index (χ2v) is 8.11. The maximum atomic E-state index is 13.0. The van der Waals surface area contributed by atoms with Gasteiger partial charge >= 0.3 is 0 Å². The molecule has 112 valence electrons. The highest BCUT2D eigenvalue weighted by Crippen LogP contribution is 2.57. The SMILES string of the molecule is Cc1ccc2c(c1)N1c3ncccc3[S+]([O-])c3cccc(c31)S2. The predicted molar refractivity (Wildman–Crippen MR) is 92.5 cm³/mol. The molecule has 2 aliphatic heterocycles. The molecular formula is C18H12N2OS2. The number of rotatable bonds is 0. The highest BCUT2D eigenvalue weighted by molar-refractivity contribution is 8.00. The molecule has 0 saturated heterocycles. The van der Waals surface area contributed by atoms with Gasteiger partial charge in [0.05, 0.1) is 5.69 Å². The Balaban J connectivity index is 1.89. The van der Waals surface area contributed by atoms with Gasteiger partial charge in [0, 0.05) is 27.2 Å². The molecule has 1 unspecified atom stereocenters. The quantitative estimate of drug-likeness (QED) is 0.432. The van der Waals surface area contributed by atoms with Crippen molar-refractivity contribution in [2.45, 2.75) is 26.5 Å². The largest absolute Gasteiger partial charge is 0.606 e. The van der Waals surface area contributed by atoms with E-state index in [9.17, 15) is 4.55 Å². The van der Waals surface area contributed by atoms with Crippen LogP contribution < -0.4 is 4.90 Å². The van der Waals surface area contributed by atoms with Gasteiger partial charge in [-0.15, -0.1) is 0 Å². The van der Waals surface area contributed by atoms with E-state index in [1.54, 1.807) is 18.0 Å². The molecule has 0 bridgehead atoms. The van der Waals surface area contributed by atoms with E-state index in [1.807, 2.05) is 24.3 Å². The lowest BCUT2D eigenvalue weighted by molar-refractivity contribution is 0.593. The Kier molecular flexibility index (Phi) is 2.80. The zero-order chi connectivity index (χ0) is 15.6. The Bertz CT molecular complexity index is 958. The zero-order valence-corrected chi connectivity index (χ0v) is 13.9. The Morgan fingerprint density at radius 2 is 1.91 bits per heavy atom. The van der Waals surface area contributed by atoms with Gasteiger partial charge in [-0.2, -0.15) is 0 Å². The minimum absolute atomic E-state index is 0.775. The molecule has 0 saturated carbocycles. The van der Waals surface area contributed by atoms with Gasteiger partial charge in [-0.1, -0.05) is 23.9 Å². The Hall–Kier alpha value is -1.95. The van der Waals surface area contributed by atoms with E-state index in [2.05, 4.69) is 41.1 Å². The van der Waals surface area contributed by atoms with Crippen molar-refractivity contribution in [2.75, 3.05) is 4.90 Å². The zero-order valence-electron chi connectivity index (χ0n) is 12.3. The first kappa shape index (κ1) is 13.5. The highest BCUT2D eigenvalue weighted by Gasteiger charge is 2.40. The average molecular weight is 336 g/mol. The summed E-state index contributed by atoms with van der Waals surface area (Å²) in [5.41, 5.74) is 3.33.